The zero-order chi connectivity index (χ0) is 10.7. The minimum Gasteiger partial charge on any atom is -0.497 e. The van der Waals surface area contributed by atoms with E-state index in [1.54, 1.807) is 13.2 Å². The molecule has 0 amide bonds. The number of ether oxygens (including phenoxy) is 1. The van der Waals surface area contributed by atoms with Gasteiger partial charge in [-0.05, 0) is 40.2 Å². The fourth-order valence-electron chi connectivity index (χ4n) is 0.410. The topological polar surface area (TPSA) is 12.5 Å². The summed E-state index contributed by atoms with van der Waals surface area (Å²) in [5.74, 6) is 0.785. The number of hydrogen-bond donors (Lipinski definition) is 0. The first kappa shape index (κ1) is 14.5. The lowest BCUT2D eigenvalue weighted by Crippen LogP contribution is -1.99. The lowest BCUT2D eigenvalue weighted by molar-refractivity contribution is 0.307. The highest BCUT2D eigenvalue weighted by atomic mass is 16.5. The van der Waals surface area contributed by atoms with Crippen molar-refractivity contribution < 1.29 is 4.74 Å². The minimum atomic E-state index is 0.785. The average molecular weight is 183 g/mol. The molecule has 0 aromatic heterocycles. The first-order valence-corrected chi connectivity index (χ1v) is 4.18. The van der Waals surface area contributed by atoms with Crippen LogP contribution in [0.15, 0.2) is 36.6 Å². The molecule has 0 bridgehead atoms. The quantitative estimate of drug-likeness (QED) is 0.492. The standard InChI is InChI=1S/C8H12O.C3H9N/c1-4-6-7-8(5-2)9-3;1-4(2)3/h4-7H,2H2,1,3H3;1-3H3/b6-4-,8-7+;. The lowest BCUT2D eigenvalue weighted by Gasteiger charge is -1.94. The van der Waals surface area contributed by atoms with Gasteiger partial charge < -0.3 is 9.64 Å². The molecule has 0 unspecified atom stereocenters. The number of hydrogen-bond acceptors (Lipinski definition) is 2. The summed E-state index contributed by atoms with van der Waals surface area (Å²) >= 11 is 0. The monoisotopic (exact) mass is 183 g/mol. The molecule has 0 radical (unpaired) electrons. The Morgan fingerprint density at radius 3 is 2.00 bits per heavy atom. The molecule has 0 fully saturated rings. The molecular weight excluding hydrogens is 162 g/mol. The molecule has 0 N–H and O–H groups in total. The minimum absolute atomic E-state index is 0.785. The Hall–Kier alpha value is -1.02. The van der Waals surface area contributed by atoms with Gasteiger partial charge in [-0.2, -0.15) is 0 Å². The Morgan fingerprint density at radius 2 is 1.77 bits per heavy atom. The van der Waals surface area contributed by atoms with Crippen molar-refractivity contribution in [3.05, 3.63) is 36.6 Å². The van der Waals surface area contributed by atoms with Crippen molar-refractivity contribution in [3.8, 4) is 0 Å². The van der Waals surface area contributed by atoms with Crippen LogP contribution < -0.4 is 0 Å². The molecule has 0 aliphatic carbocycles. The molecule has 0 atom stereocenters. The van der Waals surface area contributed by atoms with Crippen molar-refractivity contribution in [2.45, 2.75) is 6.92 Å². The van der Waals surface area contributed by atoms with Gasteiger partial charge in [0.2, 0.25) is 0 Å². The highest BCUT2D eigenvalue weighted by Gasteiger charge is 1.79. The van der Waals surface area contributed by atoms with E-state index in [9.17, 15) is 0 Å². The van der Waals surface area contributed by atoms with Gasteiger partial charge >= 0.3 is 0 Å². The van der Waals surface area contributed by atoms with E-state index in [0.717, 1.165) is 5.76 Å². The zero-order valence-corrected chi connectivity index (χ0v) is 9.37. The van der Waals surface area contributed by atoms with Crippen LogP contribution in [0.1, 0.15) is 6.92 Å². The molecule has 0 heterocycles. The van der Waals surface area contributed by atoms with Crippen LogP contribution in [0.2, 0.25) is 0 Å². The first-order chi connectivity index (χ1) is 6.08. The Morgan fingerprint density at radius 1 is 1.31 bits per heavy atom. The van der Waals surface area contributed by atoms with Gasteiger partial charge in [0, 0.05) is 0 Å². The van der Waals surface area contributed by atoms with Crippen LogP contribution in [0.25, 0.3) is 0 Å². The third kappa shape index (κ3) is 18.2. The van der Waals surface area contributed by atoms with Crippen LogP contribution in [0.3, 0.4) is 0 Å². The molecule has 0 rings (SSSR count). The summed E-state index contributed by atoms with van der Waals surface area (Å²) in [6.07, 6.45) is 7.36. The van der Waals surface area contributed by atoms with Crippen molar-refractivity contribution in [2.75, 3.05) is 28.3 Å². The average Bonchev–Trinajstić information content (AvgIpc) is 2.06. The van der Waals surface area contributed by atoms with Gasteiger partial charge in [0.25, 0.3) is 0 Å². The maximum atomic E-state index is 4.89. The third-order valence-electron chi connectivity index (χ3n) is 0.890. The summed E-state index contributed by atoms with van der Waals surface area (Å²) in [6.45, 7) is 5.51. The number of methoxy groups -OCH3 is 1. The van der Waals surface area contributed by atoms with Gasteiger partial charge in [0.05, 0.1) is 7.11 Å². The van der Waals surface area contributed by atoms with Crippen LogP contribution in [-0.2, 0) is 4.74 Å². The molecular formula is C11H21NO. The predicted molar refractivity (Wildman–Crippen MR) is 59.7 cm³/mol. The Bertz CT molecular complexity index is 166. The van der Waals surface area contributed by atoms with E-state index in [-0.39, 0.29) is 0 Å². The van der Waals surface area contributed by atoms with E-state index in [1.165, 1.54) is 0 Å². The Balaban J connectivity index is 0. The smallest absolute Gasteiger partial charge is 0.118 e. The van der Waals surface area contributed by atoms with E-state index in [2.05, 4.69) is 6.58 Å². The SMILES string of the molecule is C=C/C(=C\C=C/C)OC.CN(C)C. The van der Waals surface area contributed by atoms with E-state index in [1.807, 2.05) is 51.2 Å². The van der Waals surface area contributed by atoms with Gasteiger partial charge in [0.1, 0.15) is 5.76 Å². The summed E-state index contributed by atoms with van der Waals surface area (Å²) in [6, 6.07) is 0. The Kier molecular flexibility index (Phi) is 12.2. The highest BCUT2D eigenvalue weighted by Crippen LogP contribution is 1.94. The van der Waals surface area contributed by atoms with Crippen molar-refractivity contribution >= 4 is 0 Å². The molecule has 76 valence electrons. The van der Waals surface area contributed by atoms with E-state index >= 15 is 0 Å². The molecule has 0 aromatic rings. The molecule has 2 heteroatoms. The van der Waals surface area contributed by atoms with Crippen molar-refractivity contribution in [3.63, 3.8) is 0 Å². The second-order valence-corrected chi connectivity index (χ2v) is 2.84. The summed E-state index contributed by atoms with van der Waals surface area (Å²) in [5.41, 5.74) is 0. The molecule has 0 saturated heterocycles. The highest BCUT2D eigenvalue weighted by molar-refractivity contribution is 5.15. The molecule has 0 aliphatic rings. The van der Waals surface area contributed by atoms with Crippen LogP contribution in [0.5, 0.6) is 0 Å². The van der Waals surface area contributed by atoms with Crippen LogP contribution >= 0.6 is 0 Å². The molecule has 2 nitrogen and oxygen atoms in total. The van der Waals surface area contributed by atoms with Crippen molar-refractivity contribution in [1.82, 2.24) is 4.90 Å². The second kappa shape index (κ2) is 11.0. The maximum absolute atomic E-state index is 4.89. The lowest BCUT2D eigenvalue weighted by atomic mass is 10.4. The maximum Gasteiger partial charge on any atom is 0.118 e. The van der Waals surface area contributed by atoms with Crippen molar-refractivity contribution in [2.24, 2.45) is 0 Å². The van der Waals surface area contributed by atoms with Gasteiger partial charge in [-0.25, -0.2) is 0 Å². The van der Waals surface area contributed by atoms with Crippen LogP contribution in [0.4, 0.5) is 0 Å². The van der Waals surface area contributed by atoms with Gasteiger partial charge in [0.15, 0.2) is 0 Å². The van der Waals surface area contributed by atoms with Crippen molar-refractivity contribution in [1.29, 1.82) is 0 Å². The van der Waals surface area contributed by atoms with Gasteiger partial charge in [-0.15, -0.1) is 0 Å². The third-order valence-corrected chi connectivity index (χ3v) is 0.890. The summed E-state index contributed by atoms with van der Waals surface area (Å²) < 4.78 is 4.89. The van der Waals surface area contributed by atoms with Gasteiger partial charge in [-0.1, -0.05) is 18.7 Å². The van der Waals surface area contributed by atoms with Crippen LogP contribution in [0, 0.1) is 0 Å². The summed E-state index contributed by atoms with van der Waals surface area (Å²) in [4.78, 5) is 2.00. The predicted octanol–water partition coefficient (Wildman–Crippen LogP) is 2.46. The van der Waals surface area contributed by atoms with E-state index < -0.39 is 0 Å². The normalized spacial score (nSPS) is 11.1. The summed E-state index contributed by atoms with van der Waals surface area (Å²) in [7, 11) is 7.62. The van der Waals surface area contributed by atoms with Crippen LogP contribution in [-0.4, -0.2) is 33.2 Å². The summed E-state index contributed by atoms with van der Waals surface area (Å²) in [5, 5.41) is 0. The molecule has 0 aliphatic heterocycles. The number of nitrogens with zero attached hydrogens (tertiary/aromatic N) is 1. The molecule has 0 spiro atoms. The fraction of sp³-hybridized carbons (Fsp3) is 0.455. The number of allylic oxidation sites excluding steroid dienone is 4. The fourth-order valence-corrected chi connectivity index (χ4v) is 0.410. The van der Waals surface area contributed by atoms with E-state index in [0.29, 0.717) is 0 Å². The largest absolute Gasteiger partial charge is 0.497 e. The second-order valence-electron chi connectivity index (χ2n) is 2.84. The zero-order valence-electron chi connectivity index (χ0n) is 9.37. The van der Waals surface area contributed by atoms with Gasteiger partial charge in [-0.3, -0.25) is 0 Å². The molecule has 0 aromatic carbocycles. The number of rotatable bonds is 3. The first-order valence-electron chi connectivity index (χ1n) is 4.18. The molecule has 13 heavy (non-hydrogen) atoms. The molecule has 0 saturated carbocycles. The Labute approximate surface area is 82.2 Å². The van der Waals surface area contributed by atoms with E-state index in [4.69, 9.17) is 4.74 Å².